The Labute approximate surface area is 171 Å². The molecule has 0 unspecified atom stereocenters. The number of carbonyl (C=O) groups is 3. The van der Waals surface area contributed by atoms with E-state index < -0.39 is 47.7 Å². The number of aromatic hydroxyl groups is 1. The summed E-state index contributed by atoms with van der Waals surface area (Å²) < 4.78 is 16.5. The molecule has 1 fully saturated rings. The first kappa shape index (κ1) is 20.7. The number of aliphatic hydroxyl groups excluding tert-OH is 2. The molecule has 2 heterocycles. The number of phenols is 1. The number of methoxy groups -OCH3 is 1. The molecule has 2 aliphatic heterocycles. The van der Waals surface area contributed by atoms with Crippen molar-refractivity contribution >= 4 is 17.5 Å². The van der Waals surface area contributed by atoms with Crippen LogP contribution >= 0.6 is 0 Å². The first-order valence-corrected chi connectivity index (χ1v) is 9.63. The maximum absolute atomic E-state index is 13.4. The Bertz CT molecular complexity index is 965. The third kappa shape index (κ3) is 2.97. The number of rotatable bonds is 2. The highest BCUT2D eigenvalue weighted by Gasteiger charge is 2.60. The van der Waals surface area contributed by atoms with Gasteiger partial charge >= 0.3 is 5.97 Å². The second kappa shape index (κ2) is 7.28. The van der Waals surface area contributed by atoms with Gasteiger partial charge < -0.3 is 29.5 Å². The van der Waals surface area contributed by atoms with Crippen LogP contribution < -0.4 is 0 Å². The summed E-state index contributed by atoms with van der Waals surface area (Å²) in [5.41, 5.74) is -0.412. The molecule has 0 radical (unpaired) electrons. The van der Waals surface area contributed by atoms with E-state index in [9.17, 15) is 29.7 Å². The van der Waals surface area contributed by atoms with Crippen LogP contribution in [-0.2, 0) is 19.0 Å². The number of Topliss-reactive ketones (excluding diaryl/α,β-unsaturated/α-hetero) is 2. The highest BCUT2D eigenvalue weighted by atomic mass is 16.7. The zero-order valence-electron chi connectivity index (χ0n) is 16.5. The van der Waals surface area contributed by atoms with Crippen molar-refractivity contribution in [1.82, 2.24) is 0 Å². The summed E-state index contributed by atoms with van der Waals surface area (Å²) in [6.45, 7) is 1.63. The van der Waals surface area contributed by atoms with E-state index in [1.165, 1.54) is 25.3 Å². The van der Waals surface area contributed by atoms with Crippen LogP contribution in [0.25, 0.3) is 0 Å². The highest BCUT2D eigenvalue weighted by molar-refractivity contribution is 6.28. The SMILES string of the molecule is COC(=O)C[C@H]1CC2=C(C(=O)c3c(O)cccc3C2=O)[C@@]2(O1)O[C@@H](C)C[C@H](O)[C@@H]2O. The van der Waals surface area contributed by atoms with Crippen molar-refractivity contribution in [2.75, 3.05) is 7.11 Å². The lowest BCUT2D eigenvalue weighted by molar-refractivity contribution is -0.333. The first-order chi connectivity index (χ1) is 14.2. The number of fused-ring (bicyclic) bond motifs is 2. The summed E-state index contributed by atoms with van der Waals surface area (Å²) >= 11 is 0. The Kier molecular flexibility index (Phi) is 5.01. The van der Waals surface area contributed by atoms with E-state index >= 15 is 0 Å². The van der Waals surface area contributed by atoms with Gasteiger partial charge in [-0.15, -0.1) is 0 Å². The van der Waals surface area contributed by atoms with E-state index in [0.29, 0.717) is 0 Å². The minimum Gasteiger partial charge on any atom is -0.507 e. The van der Waals surface area contributed by atoms with Crippen molar-refractivity contribution in [1.29, 1.82) is 0 Å². The molecule has 3 N–H and O–H groups in total. The number of benzene rings is 1. The predicted octanol–water partition coefficient (Wildman–Crippen LogP) is 0.647. The average molecular weight is 418 g/mol. The van der Waals surface area contributed by atoms with Gasteiger partial charge in [0.1, 0.15) is 11.9 Å². The number of hydrogen-bond donors (Lipinski definition) is 3. The minimum atomic E-state index is -2.16. The standard InChI is InChI=1S/C21H22O9/c1-9-6-14(23)20(27)21(29-9)17-12(7-10(30-21)8-15(24)28-2)18(25)11-4-3-5-13(22)16(11)19(17)26/h3-5,9-10,14,20,22-23,27H,6-8H2,1-2H3/t9-,10+,14-,20-,21-/m0/s1. The molecule has 1 aromatic carbocycles. The van der Waals surface area contributed by atoms with Crippen LogP contribution in [0.3, 0.4) is 0 Å². The summed E-state index contributed by atoms with van der Waals surface area (Å²) in [6, 6.07) is 4.15. The maximum atomic E-state index is 13.4. The quantitative estimate of drug-likeness (QED) is 0.591. The molecule has 160 valence electrons. The lowest BCUT2D eigenvalue weighted by Gasteiger charge is -2.51. The van der Waals surface area contributed by atoms with Crippen molar-refractivity contribution in [3.05, 3.63) is 40.5 Å². The van der Waals surface area contributed by atoms with Gasteiger partial charge in [-0.05, 0) is 13.0 Å². The van der Waals surface area contributed by atoms with Gasteiger partial charge in [-0.3, -0.25) is 14.4 Å². The van der Waals surface area contributed by atoms with E-state index in [4.69, 9.17) is 9.47 Å². The minimum absolute atomic E-state index is 0.0199. The number of esters is 1. The summed E-state index contributed by atoms with van der Waals surface area (Å²) in [4.78, 5) is 38.5. The fourth-order valence-corrected chi connectivity index (χ4v) is 4.47. The largest absolute Gasteiger partial charge is 0.507 e. The molecule has 0 amide bonds. The van der Waals surface area contributed by atoms with Gasteiger partial charge in [0.2, 0.25) is 5.79 Å². The molecule has 3 aliphatic rings. The molecular weight excluding hydrogens is 396 g/mol. The third-order valence-electron chi connectivity index (χ3n) is 5.76. The van der Waals surface area contributed by atoms with Crippen LogP contribution in [0, 0.1) is 0 Å². The Hall–Kier alpha value is -2.59. The molecule has 9 nitrogen and oxygen atoms in total. The summed E-state index contributed by atoms with van der Waals surface area (Å²) in [5, 5.41) is 31.5. The van der Waals surface area contributed by atoms with Crippen LogP contribution in [-0.4, -0.2) is 70.2 Å². The molecule has 9 heteroatoms. The lowest BCUT2D eigenvalue weighted by Crippen LogP contribution is -2.64. The number of ketones is 2. The molecule has 30 heavy (non-hydrogen) atoms. The molecule has 0 aromatic heterocycles. The number of aliphatic hydroxyl groups is 2. The second-order valence-corrected chi connectivity index (χ2v) is 7.78. The van der Waals surface area contributed by atoms with Crippen LogP contribution in [0.15, 0.2) is 29.3 Å². The third-order valence-corrected chi connectivity index (χ3v) is 5.76. The predicted molar refractivity (Wildman–Crippen MR) is 99.8 cm³/mol. The maximum Gasteiger partial charge on any atom is 0.308 e. The van der Waals surface area contributed by atoms with Crippen LogP contribution in [0.4, 0.5) is 0 Å². The van der Waals surface area contributed by atoms with Gasteiger partial charge in [-0.25, -0.2) is 0 Å². The zero-order chi connectivity index (χ0) is 21.8. The Balaban J connectivity index is 1.91. The van der Waals surface area contributed by atoms with Crippen molar-refractivity contribution < 1.29 is 43.9 Å². The van der Waals surface area contributed by atoms with Crippen LogP contribution in [0.2, 0.25) is 0 Å². The number of hydrogen-bond acceptors (Lipinski definition) is 9. The van der Waals surface area contributed by atoms with Gasteiger partial charge in [0.25, 0.3) is 0 Å². The Morgan fingerprint density at radius 2 is 1.97 bits per heavy atom. The van der Waals surface area contributed by atoms with Crippen molar-refractivity contribution in [2.24, 2.45) is 0 Å². The lowest BCUT2D eigenvalue weighted by atomic mass is 9.73. The molecular formula is C21H22O9. The van der Waals surface area contributed by atoms with E-state index in [1.54, 1.807) is 6.92 Å². The van der Waals surface area contributed by atoms with Gasteiger partial charge in [-0.1, -0.05) is 12.1 Å². The topological polar surface area (TPSA) is 140 Å². The summed E-state index contributed by atoms with van der Waals surface area (Å²) in [7, 11) is 1.21. The molecule has 1 saturated heterocycles. The van der Waals surface area contributed by atoms with Gasteiger partial charge in [-0.2, -0.15) is 0 Å². The van der Waals surface area contributed by atoms with E-state index in [1.807, 2.05) is 0 Å². The first-order valence-electron chi connectivity index (χ1n) is 9.63. The highest BCUT2D eigenvalue weighted by Crippen LogP contribution is 2.48. The normalized spacial score (nSPS) is 33.3. The van der Waals surface area contributed by atoms with Gasteiger partial charge in [0.05, 0.1) is 43.0 Å². The fourth-order valence-electron chi connectivity index (χ4n) is 4.47. The molecule has 1 aliphatic carbocycles. The van der Waals surface area contributed by atoms with Crippen LogP contribution in [0.5, 0.6) is 5.75 Å². The number of phenolic OH excluding ortho intramolecular Hbond substituents is 1. The summed E-state index contributed by atoms with van der Waals surface area (Å²) in [6.07, 6.45) is -4.80. The molecule has 0 bridgehead atoms. The zero-order valence-corrected chi connectivity index (χ0v) is 16.5. The average Bonchev–Trinajstić information content (AvgIpc) is 2.69. The van der Waals surface area contributed by atoms with E-state index in [-0.39, 0.29) is 47.3 Å². The van der Waals surface area contributed by atoms with E-state index in [0.717, 1.165) is 0 Å². The fraction of sp³-hybridized carbons (Fsp3) is 0.476. The smallest absolute Gasteiger partial charge is 0.308 e. The molecule has 5 atom stereocenters. The van der Waals surface area contributed by atoms with Gasteiger partial charge in [0.15, 0.2) is 11.6 Å². The molecule has 1 aromatic rings. The monoisotopic (exact) mass is 418 g/mol. The van der Waals surface area contributed by atoms with Gasteiger partial charge in [0, 0.05) is 24.0 Å². The van der Waals surface area contributed by atoms with Crippen molar-refractivity contribution in [3.63, 3.8) is 0 Å². The Morgan fingerprint density at radius 1 is 1.23 bits per heavy atom. The second-order valence-electron chi connectivity index (χ2n) is 7.78. The number of ether oxygens (including phenoxy) is 3. The molecule has 4 rings (SSSR count). The van der Waals surface area contributed by atoms with Crippen molar-refractivity contribution in [3.8, 4) is 5.75 Å². The van der Waals surface area contributed by atoms with E-state index in [2.05, 4.69) is 4.74 Å². The van der Waals surface area contributed by atoms with Crippen molar-refractivity contribution in [2.45, 2.75) is 56.4 Å². The molecule has 0 saturated carbocycles. The molecule has 1 spiro atoms. The Morgan fingerprint density at radius 3 is 2.67 bits per heavy atom. The summed E-state index contributed by atoms with van der Waals surface area (Å²) in [5.74, 6) is -4.41. The van der Waals surface area contributed by atoms with Crippen LogP contribution in [0.1, 0.15) is 46.9 Å². The number of carbonyl (C=O) groups excluding carboxylic acids is 3.